The van der Waals surface area contributed by atoms with Crippen LogP contribution in [-0.2, 0) is 9.59 Å². The Morgan fingerprint density at radius 3 is 2.48 bits per heavy atom. The van der Waals surface area contributed by atoms with Crippen LogP contribution in [0, 0.1) is 37.5 Å². The molecule has 0 radical (unpaired) electrons. The highest BCUT2D eigenvalue weighted by Crippen LogP contribution is 2.48. The highest BCUT2D eigenvalue weighted by Gasteiger charge is 2.51. The topological polar surface area (TPSA) is 66.4 Å². The number of aryl methyl sites for hydroxylation is 2. The molecule has 1 saturated carbocycles. The van der Waals surface area contributed by atoms with Gasteiger partial charge in [-0.1, -0.05) is 24.3 Å². The smallest absolute Gasteiger partial charge is 0.307 e. The molecular weight excluding hydrogens is 266 g/mol. The largest absolute Gasteiger partial charge is 0.481 e. The van der Waals surface area contributed by atoms with Gasteiger partial charge in [-0.2, -0.15) is 0 Å². The summed E-state index contributed by atoms with van der Waals surface area (Å²) in [6, 6.07) is 5.87. The monoisotopic (exact) mass is 285 g/mol. The third kappa shape index (κ3) is 2.35. The highest BCUT2D eigenvalue weighted by atomic mass is 16.4. The standard InChI is InChI=1S/C17H19NO3/c1-9-3-4-10(2)13(7-9)18-16(19)14-11-5-6-12(8-11)15(14)17(20)21/h3-7,11-12,14-15H,8H2,1-2H3,(H,18,19)(H,20,21)/t11?,12?,14-,15+/m0/s1. The zero-order chi connectivity index (χ0) is 15.1. The van der Waals surface area contributed by atoms with Gasteiger partial charge in [-0.05, 0) is 49.3 Å². The van der Waals surface area contributed by atoms with E-state index in [1.54, 1.807) is 0 Å². The Kier molecular flexibility index (Phi) is 3.32. The molecular formula is C17H19NO3. The average molecular weight is 285 g/mol. The number of hydrogen-bond donors (Lipinski definition) is 2. The van der Waals surface area contributed by atoms with Gasteiger partial charge in [0.1, 0.15) is 0 Å². The Hall–Kier alpha value is -2.10. The lowest BCUT2D eigenvalue weighted by atomic mass is 9.82. The van der Waals surface area contributed by atoms with Gasteiger partial charge in [-0.3, -0.25) is 9.59 Å². The molecule has 0 spiro atoms. The van der Waals surface area contributed by atoms with Crippen molar-refractivity contribution >= 4 is 17.6 Å². The number of carboxylic acids is 1. The fraction of sp³-hybridized carbons (Fsp3) is 0.412. The van der Waals surface area contributed by atoms with Crippen LogP contribution >= 0.6 is 0 Å². The molecule has 3 rings (SSSR count). The van der Waals surface area contributed by atoms with Gasteiger partial charge < -0.3 is 10.4 Å². The maximum atomic E-state index is 12.6. The van der Waals surface area contributed by atoms with E-state index in [1.165, 1.54) is 0 Å². The Balaban J connectivity index is 1.83. The van der Waals surface area contributed by atoms with E-state index in [-0.39, 0.29) is 17.7 Å². The normalized spacial score (nSPS) is 29.6. The molecule has 2 bridgehead atoms. The molecule has 21 heavy (non-hydrogen) atoms. The molecule has 2 aliphatic carbocycles. The van der Waals surface area contributed by atoms with Crippen LogP contribution in [0.3, 0.4) is 0 Å². The maximum absolute atomic E-state index is 12.6. The summed E-state index contributed by atoms with van der Waals surface area (Å²) in [6.07, 6.45) is 4.73. The Labute approximate surface area is 123 Å². The second-order valence-corrected chi connectivity index (χ2v) is 6.15. The molecule has 4 heteroatoms. The van der Waals surface area contributed by atoms with Crippen LogP contribution < -0.4 is 5.32 Å². The number of rotatable bonds is 3. The van der Waals surface area contributed by atoms with Crippen LogP contribution in [-0.4, -0.2) is 17.0 Å². The van der Waals surface area contributed by atoms with Crippen LogP contribution in [0.5, 0.6) is 0 Å². The molecule has 110 valence electrons. The van der Waals surface area contributed by atoms with Gasteiger partial charge in [0, 0.05) is 5.69 Å². The first kappa shape index (κ1) is 13.9. The predicted octanol–water partition coefficient (Wildman–Crippen LogP) is 2.76. The molecule has 1 aromatic carbocycles. The molecule has 0 saturated heterocycles. The van der Waals surface area contributed by atoms with Crippen molar-refractivity contribution in [3.8, 4) is 0 Å². The molecule has 1 fully saturated rings. The molecule has 0 heterocycles. The van der Waals surface area contributed by atoms with Crippen LogP contribution in [0.15, 0.2) is 30.4 Å². The second kappa shape index (κ2) is 5.02. The zero-order valence-electron chi connectivity index (χ0n) is 12.2. The predicted molar refractivity (Wildman–Crippen MR) is 79.9 cm³/mol. The maximum Gasteiger partial charge on any atom is 0.307 e. The van der Waals surface area contributed by atoms with Gasteiger partial charge in [-0.15, -0.1) is 0 Å². The van der Waals surface area contributed by atoms with Crippen LogP contribution in [0.25, 0.3) is 0 Å². The molecule has 4 atom stereocenters. The fourth-order valence-corrected chi connectivity index (χ4v) is 3.60. The first-order valence-electron chi connectivity index (χ1n) is 7.26. The Bertz CT molecular complexity index is 635. The SMILES string of the molecule is Cc1ccc(C)c(NC(=O)[C@H]2C3C=CC(C3)[C@H]2C(=O)O)c1. The zero-order valence-corrected chi connectivity index (χ0v) is 12.2. The number of carbonyl (C=O) groups excluding carboxylic acids is 1. The van der Waals surface area contributed by atoms with Crippen LogP contribution in [0.4, 0.5) is 5.69 Å². The summed E-state index contributed by atoms with van der Waals surface area (Å²) in [5, 5.41) is 12.3. The van der Waals surface area contributed by atoms with Crippen molar-refractivity contribution in [1.29, 1.82) is 0 Å². The number of allylic oxidation sites excluding steroid dienone is 2. The minimum absolute atomic E-state index is 0.00172. The number of carboxylic acid groups (broad SMARTS) is 1. The van der Waals surface area contributed by atoms with Crippen LogP contribution in [0.2, 0.25) is 0 Å². The summed E-state index contributed by atoms with van der Waals surface area (Å²) in [7, 11) is 0. The third-order valence-corrected chi connectivity index (χ3v) is 4.70. The Morgan fingerprint density at radius 2 is 1.81 bits per heavy atom. The summed E-state index contributed by atoms with van der Waals surface area (Å²) >= 11 is 0. The van der Waals surface area contributed by atoms with E-state index in [0.717, 1.165) is 23.2 Å². The fourth-order valence-electron chi connectivity index (χ4n) is 3.60. The number of nitrogens with one attached hydrogen (secondary N) is 1. The quantitative estimate of drug-likeness (QED) is 0.839. The molecule has 2 aliphatic rings. The first-order chi connectivity index (χ1) is 9.97. The number of aliphatic carboxylic acids is 1. The lowest BCUT2D eigenvalue weighted by Gasteiger charge is -2.24. The number of anilines is 1. The second-order valence-electron chi connectivity index (χ2n) is 6.15. The summed E-state index contributed by atoms with van der Waals surface area (Å²) in [5.41, 5.74) is 2.83. The Morgan fingerprint density at radius 1 is 1.14 bits per heavy atom. The molecule has 0 aliphatic heterocycles. The first-order valence-corrected chi connectivity index (χ1v) is 7.26. The summed E-state index contributed by atoms with van der Waals surface area (Å²) < 4.78 is 0. The van der Waals surface area contributed by atoms with E-state index >= 15 is 0 Å². The number of carbonyl (C=O) groups is 2. The van der Waals surface area contributed by atoms with Crippen molar-refractivity contribution in [2.45, 2.75) is 20.3 Å². The molecule has 2 unspecified atom stereocenters. The minimum atomic E-state index is -0.868. The van der Waals surface area contributed by atoms with Crippen molar-refractivity contribution in [1.82, 2.24) is 0 Å². The number of hydrogen-bond acceptors (Lipinski definition) is 2. The van der Waals surface area contributed by atoms with E-state index in [1.807, 2.05) is 44.2 Å². The average Bonchev–Trinajstić information content (AvgIpc) is 3.03. The van der Waals surface area contributed by atoms with E-state index < -0.39 is 17.8 Å². The van der Waals surface area contributed by atoms with Crippen LogP contribution in [0.1, 0.15) is 17.5 Å². The molecule has 2 N–H and O–H groups in total. The molecule has 1 aromatic rings. The molecule has 0 aromatic heterocycles. The van der Waals surface area contributed by atoms with E-state index in [4.69, 9.17) is 0 Å². The minimum Gasteiger partial charge on any atom is -0.481 e. The number of amides is 1. The van der Waals surface area contributed by atoms with E-state index in [2.05, 4.69) is 5.32 Å². The van der Waals surface area contributed by atoms with E-state index in [0.29, 0.717) is 0 Å². The summed E-state index contributed by atoms with van der Waals surface area (Å²) in [4.78, 5) is 24.0. The van der Waals surface area contributed by atoms with E-state index in [9.17, 15) is 14.7 Å². The van der Waals surface area contributed by atoms with Crippen molar-refractivity contribution in [2.24, 2.45) is 23.7 Å². The van der Waals surface area contributed by atoms with Gasteiger partial charge in [0.15, 0.2) is 0 Å². The molecule has 4 nitrogen and oxygen atoms in total. The lowest BCUT2D eigenvalue weighted by Crippen LogP contribution is -2.36. The lowest BCUT2D eigenvalue weighted by molar-refractivity contribution is -0.146. The van der Waals surface area contributed by atoms with Gasteiger partial charge in [0.05, 0.1) is 11.8 Å². The van der Waals surface area contributed by atoms with Crippen molar-refractivity contribution < 1.29 is 14.7 Å². The van der Waals surface area contributed by atoms with Gasteiger partial charge in [-0.25, -0.2) is 0 Å². The van der Waals surface area contributed by atoms with Gasteiger partial charge in [0.25, 0.3) is 0 Å². The van der Waals surface area contributed by atoms with Crippen molar-refractivity contribution in [3.63, 3.8) is 0 Å². The summed E-state index contributed by atoms with van der Waals surface area (Å²) in [6.45, 7) is 3.90. The number of benzene rings is 1. The number of fused-ring (bicyclic) bond motifs is 2. The summed E-state index contributed by atoms with van der Waals surface area (Å²) in [5.74, 6) is -2.04. The third-order valence-electron chi connectivity index (χ3n) is 4.70. The molecule has 1 amide bonds. The highest BCUT2D eigenvalue weighted by molar-refractivity contribution is 5.97. The van der Waals surface area contributed by atoms with Gasteiger partial charge >= 0.3 is 5.97 Å². The van der Waals surface area contributed by atoms with Crippen molar-refractivity contribution in [3.05, 3.63) is 41.5 Å². The van der Waals surface area contributed by atoms with Crippen molar-refractivity contribution in [2.75, 3.05) is 5.32 Å². The van der Waals surface area contributed by atoms with Gasteiger partial charge in [0.2, 0.25) is 5.91 Å².